The largest absolute Gasteiger partial charge is 0.493 e. The molecule has 1 aromatic rings. The molecule has 4 nitrogen and oxygen atoms in total. The van der Waals surface area contributed by atoms with Crippen LogP contribution in [0.4, 0.5) is 0 Å². The number of benzene rings is 1. The molecule has 0 spiro atoms. The van der Waals surface area contributed by atoms with Crippen LogP contribution in [0.2, 0.25) is 0 Å². The minimum Gasteiger partial charge on any atom is -0.493 e. The number of rotatable bonds is 5. The minimum atomic E-state index is -0.604. The maximum atomic E-state index is 11.7. The Morgan fingerprint density at radius 2 is 2.00 bits per heavy atom. The van der Waals surface area contributed by atoms with E-state index in [-0.39, 0.29) is 5.78 Å². The third-order valence-corrected chi connectivity index (χ3v) is 2.93. The number of carbonyl (C=O) groups is 1. The van der Waals surface area contributed by atoms with E-state index in [9.17, 15) is 4.79 Å². The Hall–Kier alpha value is -1.81. The lowest BCUT2D eigenvalue weighted by Crippen LogP contribution is -2.17. The van der Waals surface area contributed by atoms with Crippen molar-refractivity contribution in [3.63, 3.8) is 0 Å². The molecule has 0 radical (unpaired) electrons. The Morgan fingerprint density at radius 3 is 2.56 bits per heavy atom. The van der Waals surface area contributed by atoms with E-state index in [1.807, 2.05) is 12.1 Å². The predicted molar refractivity (Wildman–Crippen MR) is 67.9 cm³/mol. The summed E-state index contributed by atoms with van der Waals surface area (Å²) in [5.74, 6) is 1.29. The zero-order valence-electron chi connectivity index (χ0n) is 10.7. The van der Waals surface area contributed by atoms with Crippen molar-refractivity contribution in [3.05, 3.63) is 29.8 Å². The summed E-state index contributed by atoms with van der Waals surface area (Å²) in [7, 11) is 3.16. The summed E-state index contributed by atoms with van der Waals surface area (Å²) in [6.07, 6.45) is 3.28. The Morgan fingerprint density at radius 1 is 1.33 bits per heavy atom. The third kappa shape index (κ3) is 2.54. The minimum absolute atomic E-state index is 0.0164. The van der Waals surface area contributed by atoms with Crippen molar-refractivity contribution in [2.45, 2.75) is 12.5 Å². The molecule has 0 aromatic heterocycles. The fourth-order valence-electron chi connectivity index (χ4n) is 1.56. The average molecular weight is 248 g/mol. The van der Waals surface area contributed by atoms with Gasteiger partial charge in [-0.15, -0.1) is 0 Å². The van der Waals surface area contributed by atoms with Gasteiger partial charge in [-0.3, -0.25) is 4.79 Å². The van der Waals surface area contributed by atoms with E-state index in [1.54, 1.807) is 33.3 Å². The van der Waals surface area contributed by atoms with E-state index < -0.39 is 5.60 Å². The number of ether oxygens (including phenoxy) is 3. The lowest BCUT2D eigenvalue weighted by atomic mass is 10.1. The molecule has 2 rings (SSSR count). The zero-order chi connectivity index (χ0) is 13.2. The van der Waals surface area contributed by atoms with Crippen LogP contribution in [0.1, 0.15) is 12.5 Å². The quantitative estimate of drug-likeness (QED) is 0.591. The highest BCUT2D eigenvalue weighted by Gasteiger charge is 2.45. The van der Waals surface area contributed by atoms with Crippen LogP contribution in [0.25, 0.3) is 6.08 Å². The van der Waals surface area contributed by atoms with Crippen molar-refractivity contribution < 1.29 is 19.0 Å². The third-order valence-electron chi connectivity index (χ3n) is 2.93. The highest BCUT2D eigenvalue weighted by atomic mass is 16.6. The average Bonchev–Trinajstić information content (AvgIpc) is 3.14. The Balaban J connectivity index is 2.14. The maximum absolute atomic E-state index is 11.7. The summed E-state index contributed by atoms with van der Waals surface area (Å²) in [6, 6.07) is 5.48. The zero-order valence-corrected chi connectivity index (χ0v) is 10.7. The van der Waals surface area contributed by atoms with Crippen molar-refractivity contribution in [2.75, 3.05) is 20.8 Å². The molecule has 0 unspecified atom stereocenters. The van der Waals surface area contributed by atoms with Crippen LogP contribution < -0.4 is 9.47 Å². The van der Waals surface area contributed by atoms with Gasteiger partial charge in [-0.05, 0) is 30.7 Å². The second-order valence-corrected chi connectivity index (χ2v) is 4.33. The molecule has 1 aromatic carbocycles. The van der Waals surface area contributed by atoms with Crippen LogP contribution in [0.15, 0.2) is 24.3 Å². The molecule has 1 aliphatic rings. The second-order valence-electron chi connectivity index (χ2n) is 4.33. The molecule has 1 aliphatic heterocycles. The molecule has 0 aliphatic carbocycles. The lowest BCUT2D eigenvalue weighted by molar-refractivity contribution is -0.118. The number of ketones is 1. The fraction of sp³-hybridized carbons (Fsp3) is 0.357. The van der Waals surface area contributed by atoms with Gasteiger partial charge in [-0.1, -0.05) is 12.1 Å². The van der Waals surface area contributed by atoms with Crippen molar-refractivity contribution in [2.24, 2.45) is 0 Å². The van der Waals surface area contributed by atoms with E-state index >= 15 is 0 Å². The number of carbonyl (C=O) groups excluding carboxylic acids is 1. The number of methoxy groups -OCH3 is 2. The lowest BCUT2D eigenvalue weighted by Gasteiger charge is -2.07. The molecule has 18 heavy (non-hydrogen) atoms. The smallest absolute Gasteiger partial charge is 0.189 e. The maximum Gasteiger partial charge on any atom is 0.189 e. The summed E-state index contributed by atoms with van der Waals surface area (Å²) < 4.78 is 15.4. The van der Waals surface area contributed by atoms with Crippen molar-refractivity contribution in [1.82, 2.24) is 0 Å². The number of hydrogen-bond acceptors (Lipinski definition) is 4. The molecule has 1 heterocycles. The van der Waals surface area contributed by atoms with Gasteiger partial charge in [0.1, 0.15) is 0 Å². The molecule has 4 heteroatoms. The molecular weight excluding hydrogens is 232 g/mol. The van der Waals surface area contributed by atoms with Crippen LogP contribution in [0.3, 0.4) is 0 Å². The van der Waals surface area contributed by atoms with Crippen LogP contribution in [0.5, 0.6) is 11.5 Å². The Bertz CT molecular complexity index is 487. The molecule has 1 saturated heterocycles. The topological polar surface area (TPSA) is 48.1 Å². The monoisotopic (exact) mass is 248 g/mol. The van der Waals surface area contributed by atoms with E-state index in [0.717, 1.165) is 5.56 Å². The van der Waals surface area contributed by atoms with Gasteiger partial charge in [0.25, 0.3) is 0 Å². The molecule has 1 fully saturated rings. The fourth-order valence-corrected chi connectivity index (χ4v) is 1.56. The van der Waals surface area contributed by atoms with Crippen molar-refractivity contribution in [3.8, 4) is 11.5 Å². The van der Waals surface area contributed by atoms with Gasteiger partial charge in [0.15, 0.2) is 22.9 Å². The molecule has 0 bridgehead atoms. The van der Waals surface area contributed by atoms with Gasteiger partial charge in [0, 0.05) is 0 Å². The van der Waals surface area contributed by atoms with E-state index in [2.05, 4.69) is 0 Å². The normalized spacial score (nSPS) is 21.9. The van der Waals surface area contributed by atoms with Gasteiger partial charge in [-0.25, -0.2) is 0 Å². The molecule has 1 atom stereocenters. The summed E-state index contributed by atoms with van der Waals surface area (Å²) in [5.41, 5.74) is 0.276. The SMILES string of the molecule is COc1ccc(/C=C/C(=O)[C@@]2(C)CO2)cc1OC. The first-order valence-electron chi connectivity index (χ1n) is 5.67. The van der Waals surface area contributed by atoms with Gasteiger partial charge in [0.2, 0.25) is 0 Å². The standard InChI is InChI=1S/C14H16O4/c1-14(9-18-14)13(15)7-5-10-4-6-11(16-2)12(8-10)17-3/h4-8H,9H2,1-3H3/b7-5+/t14-/m1/s1. The van der Waals surface area contributed by atoms with Gasteiger partial charge < -0.3 is 14.2 Å². The first kappa shape index (κ1) is 12.6. The van der Waals surface area contributed by atoms with Crippen LogP contribution in [-0.4, -0.2) is 32.2 Å². The van der Waals surface area contributed by atoms with E-state index in [0.29, 0.717) is 18.1 Å². The second kappa shape index (κ2) is 4.82. The number of epoxide rings is 1. The summed E-state index contributed by atoms with van der Waals surface area (Å²) in [6.45, 7) is 2.29. The summed E-state index contributed by atoms with van der Waals surface area (Å²) >= 11 is 0. The molecule has 0 amide bonds. The van der Waals surface area contributed by atoms with E-state index in [1.165, 1.54) is 6.08 Å². The Kier molecular flexibility index (Phi) is 3.39. The van der Waals surface area contributed by atoms with Crippen molar-refractivity contribution >= 4 is 11.9 Å². The first-order chi connectivity index (χ1) is 8.59. The molecular formula is C14H16O4. The Labute approximate surface area is 106 Å². The molecule has 0 saturated carbocycles. The van der Waals surface area contributed by atoms with Crippen LogP contribution >= 0.6 is 0 Å². The molecule has 0 N–H and O–H groups in total. The predicted octanol–water partition coefficient (Wildman–Crippen LogP) is 2.08. The van der Waals surface area contributed by atoms with Gasteiger partial charge in [0.05, 0.1) is 20.8 Å². The van der Waals surface area contributed by atoms with E-state index in [4.69, 9.17) is 14.2 Å². The molecule has 96 valence electrons. The summed E-state index contributed by atoms with van der Waals surface area (Å²) in [4.78, 5) is 11.7. The van der Waals surface area contributed by atoms with Gasteiger partial charge in [-0.2, -0.15) is 0 Å². The van der Waals surface area contributed by atoms with Gasteiger partial charge >= 0.3 is 0 Å². The van der Waals surface area contributed by atoms with Crippen LogP contribution in [-0.2, 0) is 9.53 Å². The highest BCUT2D eigenvalue weighted by Crippen LogP contribution is 2.29. The summed E-state index contributed by atoms with van der Waals surface area (Å²) in [5, 5.41) is 0. The highest BCUT2D eigenvalue weighted by molar-refractivity contribution is 6.01. The van der Waals surface area contributed by atoms with Crippen LogP contribution in [0, 0.1) is 0 Å². The first-order valence-corrected chi connectivity index (χ1v) is 5.67. The number of hydrogen-bond donors (Lipinski definition) is 0. The van der Waals surface area contributed by atoms with Crippen molar-refractivity contribution in [1.29, 1.82) is 0 Å².